The van der Waals surface area contributed by atoms with Crippen molar-refractivity contribution < 1.29 is 38.9 Å². The number of nitrogens with one attached hydrogen (secondary N) is 1. The van der Waals surface area contributed by atoms with Gasteiger partial charge in [-0.25, -0.2) is 0 Å². The average Bonchev–Trinajstić information content (AvgIpc) is 2.87. The second-order valence-electron chi connectivity index (χ2n) is 6.88. The molecule has 2 aromatic carbocycles. The molecule has 0 radical (unpaired) electrons. The first-order chi connectivity index (χ1) is 19.7. The molecule has 0 saturated heterocycles. The van der Waals surface area contributed by atoms with E-state index < -0.39 is 74.2 Å². The van der Waals surface area contributed by atoms with Crippen LogP contribution in [0, 0.1) is 5.92 Å². The Balaban J connectivity index is 2.68. The minimum atomic E-state index is -3.74. The molecule has 2 aromatic rings. The SMILES string of the molecule is [2H]C([2H])([2H])[C@@H](CCC)C([2H])([2H])Oc1ccc([C@@H](NC(=O)[C@](O)(c2ccccc2)C([2H])([2H])[2H])C(O)(C([2H])([2H])[2H])C([2H])([2H])[2H])cc1. The summed E-state index contributed by atoms with van der Waals surface area (Å²) in [6.07, 6.45) is 0.286. The van der Waals surface area contributed by atoms with Crippen molar-refractivity contribution in [2.75, 3.05) is 6.56 Å². The molecule has 0 heterocycles. The lowest BCUT2D eigenvalue weighted by Gasteiger charge is -2.33. The van der Waals surface area contributed by atoms with Gasteiger partial charge in [-0.3, -0.25) is 4.79 Å². The molecule has 1 amide bonds. The van der Waals surface area contributed by atoms with E-state index in [0.29, 0.717) is 6.42 Å². The number of rotatable bonds is 10. The average molecular weight is 428 g/mol. The van der Waals surface area contributed by atoms with E-state index in [1.165, 1.54) is 18.2 Å². The summed E-state index contributed by atoms with van der Waals surface area (Å²) in [5.41, 5.74) is -7.89. The smallest absolute Gasteiger partial charge is 0.256 e. The molecule has 0 aliphatic heterocycles. The van der Waals surface area contributed by atoms with Gasteiger partial charge in [0.05, 0.1) is 20.9 Å². The van der Waals surface area contributed by atoms with Gasteiger partial charge < -0.3 is 20.3 Å². The fourth-order valence-electron chi connectivity index (χ4n) is 2.69. The third-order valence-electron chi connectivity index (χ3n) is 4.32. The number of carbonyl (C=O) groups excluding carboxylic acids is 1. The number of hydrogen-bond acceptors (Lipinski definition) is 4. The van der Waals surface area contributed by atoms with Crippen LogP contribution in [0.3, 0.4) is 0 Å². The molecule has 5 heteroatoms. The third-order valence-corrected chi connectivity index (χ3v) is 4.32. The maximum absolute atomic E-state index is 13.6. The van der Waals surface area contributed by atoms with Gasteiger partial charge in [0.2, 0.25) is 0 Å². The van der Waals surface area contributed by atoms with Crippen LogP contribution >= 0.6 is 0 Å². The second-order valence-corrected chi connectivity index (χ2v) is 6.88. The number of aliphatic hydroxyl groups is 2. The van der Waals surface area contributed by atoms with E-state index in [2.05, 4.69) is 0 Å². The highest BCUT2D eigenvalue weighted by Gasteiger charge is 2.37. The van der Waals surface area contributed by atoms with Gasteiger partial charge in [0.1, 0.15) is 5.75 Å². The number of benzene rings is 2. The van der Waals surface area contributed by atoms with Crippen LogP contribution in [0.4, 0.5) is 0 Å². The molecule has 30 heavy (non-hydrogen) atoms. The van der Waals surface area contributed by atoms with Gasteiger partial charge in [-0.05, 0) is 56.2 Å². The first-order valence-electron chi connectivity index (χ1n) is 16.4. The molecular weight excluding hydrogens is 378 g/mol. The zero-order valence-electron chi connectivity index (χ0n) is 30.5. The van der Waals surface area contributed by atoms with Crippen molar-refractivity contribution in [3.8, 4) is 5.75 Å². The van der Waals surface area contributed by atoms with Gasteiger partial charge in [-0.15, -0.1) is 0 Å². The van der Waals surface area contributed by atoms with E-state index in [4.69, 9.17) is 23.9 Å². The van der Waals surface area contributed by atoms with Crippen molar-refractivity contribution in [3.63, 3.8) is 0 Å². The Bertz CT molecular complexity index is 1240. The quantitative estimate of drug-likeness (QED) is 0.527. The zero-order chi connectivity index (χ0) is 34.2. The molecule has 0 spiro atoms. The standard InChI is InChI=1S/C25H35NO4/c1-6-10-18(2)17-30-21-15-13-19(14-16-21)22(24(3,4)28)26-23(27)25(5,29)20-11-8-7-9-12-20/h7-9,11-16,18,22,28-29H,6,10,17H2,1-5H3,(H,26,27)/t18-,22+,25+/m0/s1/i2D3,3D3,4D3,5D3,17D2. The van der Waals surface area contributed by atoms with Crippen molar-refractivity contribution in [2.45, 2.75) is 64.4 Å². The number of ether oxygens (including phenoxy) is 1. The summed E-state index contributed by atoms with van der Waals surface area (Å²) >= 11 is 0. The van der Waals surface area contributed by atoms with E-state index in [1.54, 1.807) is 6.92 Å². The van der Waals surface area contributed by atoms with Gasteiger partial charge in [-0.2, -0.15) is 0 Å². The summed E-state index contributed by atoms with van der Waals surface area (Å²) in [7, 11) is 0. The van der Waals surface area contributed by atoms with Crippen molar-refractivity contribution in [1.82, 2.24) is 5.32 Å². The molecule has 0 aromatic heterocycles. The summed E-state index contributed by atoms with van der Waals surface area (Å²) in [6, 6.07) is 7.99. The Morgan fingerprint density at radius 3 is 2.40 bits per heavy atom. The third kappa shape index (κ3) is 6.31. The lowest BCUT2D eigenvalue weighted by molar-refractivity contribution is -0.141. The predicted molar refractivity (Wildman–Crippen MR) is 119 cm³/mol. The molecule has 3 N–H and O–H groups in total. The van der Waals surface area contributed by atoms with Crippen LogP contribution in [0.2, 0.25) is 0 Å². The number of hydrogen-bond donors (Lipinski definition) is 3. The highest BCUT2D eigenvalue weighted by molar-refractivity contribution is 5.86. The van der Waals surface area contributed by atoms with E-state index in [-0.39, 0.29) is 12.2 Å². The van der Waals surface area contributed by atoms with E-state index in [1.807, 2.05) is 5.32 Å². The Kier molecular flexibility index (Phi) is 3.63. The Hall–Kier alpha value is -2.37. The van der Waals surface area contributed by atoms with Crippen molar-refractivity contribution >= 4 is 5.91 Å². The first-order valence-corrected chi connectivity index (χ1v) is 9.35. The minimum Gasteiger partial charge on any atom is -0.493 e. The Labute approximate surface area is 199 Å². The minimum absolute atomic E-state index is 0.0479. The molecule has 2 rings (SSSR count). The molecule has 0 aliphatic carbocycles. The maximum Gasteiger partial charge on any atom is 0.256 e. The maximum atomic E-state index is 13.6. The molecule has 0 aliphatic rings. The molecular formula is C25H35NO4. The van der Waals surface area contributed by atoms with Gasteiger partial charge in [0.15, 0.2) is 5.60 Å². The van der Waals surface area contributed by atoms with E-state index in [0.717, 1.165) is 36.4 Å². The normalized spacial score (nSPS) is 24.8. The molecule has 0 bridgehead atoms. The lowest BCUT2D eigenvalue weighted by Crippen LogP contribution is -2.49. The lowest BCUT2D eigenvalue weighted by atomic mass is 9.89. The van der Waals surface area contributed by atoms with Crippen molar-refractivity contribution in [1.29, 1.82) is 0 Å². The van der Waals surface area contributed by atoms with Crippen LogP contribution in [0.1, 0.15) is 83.5 Å². The van der Waals surface area contributed by atoms with Gasteiger partial charge in [-0.1, -0.05) is 62.7 Å². The predicted octanol–water partition coefficient (Wildman–Crippen LogP) is 4.34. The topological polar surface area (TPSA) is 78.8 Å². The Morgan fingerprint density at radius 1 is 1.13 bits per heavy atom. The summed E-state index contributed by atoms with van der Waals surface area (Å²) in [5, 5.41) is 24.5. The van der Waals surface area contributed by atoms with Gasteiger partial charge in [0.25, 0.3) is 5.91 Å². The number of amides is 1. The Morgan fingerprint density at radius 2 is 1.83 bits per heavy atom. The van der Waals surface area contributed by atoms with Crippen molar-refractivity contribution in [3.05, 3.63) is 65.7 Å². The van der Waals surface area contributed by atoms with Crippen LogP contribution in [0.15, 0.2) is 54.6 Å². The van der Waals surface area contributed by atoms with Crippen LogP contribution < -0.4 is 10.1 Å². The molecule has 0 unspecified atom stereocenters. The largest absolute Gasteiger partial charge is 0.493 e. The van der Waals surface area contributed by atoms with Crippen LogP contribution in [-0.2, 0) is 10.4 Å². The number of carbonyl (C=O) groups is 1. The molecule has 5 nitrogen and oxygen atoms in total. The highest BCUT2D eigenvalue weighted by Crippen LogP contribution is 2.29. The van der Waals surface area contributed by atoms with E-state index in [9.17, 15) is 15.0 Å². The molecule has 0 fully saturated rings. The first kappa shape index (κ1) is 10.8. The van der Waals surface area contributed by atoms with Crippen LogP contribution in [0.25, 0.3) is 0 Å². The summed E-state index contributed by atoms with van der Waals surface area (Å²) < 4.78 is 116. The van der Waals surface area contributed by atoms with Gasteiger partial charge in [0, 0.05) is 16.4 Å². The molecule has 3 atom stereocenters. The molecule has 0 saturated carbocycles. The fourth-order valence-corrected chi connectivity index (χ4v) is 2.69. The van der Waals surface area contributed by atoms with Crippen LogP contribution in [0.5, 0.6) is 5.75 Å². The summed E-state index contributed by atoms with van der Waals surface area (Å²) in [4.78, 5) is 13.6. The second kappa shape index (κ2) is 10.1. The van der Waals surface area contributed by atoms with Crippen LogP contribution in [-0.4, -0.2) is 28.3 Å². The fraction of sp³-hybridized carbons (Fsp3) is 0.480. The zero-order valence-corrected chi connectivity index (χ0v) is 16.5. The monoisotopic (exact) mass is 427 g/mol. The van der Waals surface area contributed by atoms with Crippen molar-refractivity contribution in [2.24, 2.45) is 5.92 Å². The highest BCUT2D eigenvalue weighted by atomic mass is 16.5. The summed E-state index contributed by atoms with van der Waals surface area (Å²) in [6.45, 7) is -14.7. The molecule has 164 valence electrons. The van der Waals surface area contributed by atoms with Gasteiger partial charge >= 0.3 is 0 Å². The summed E-state index contributed by atoms with van der Waals surface area (Å²) in [5.74, 6) is -3.53. The van der Waals surface area contributed by atoms with E-state index >= 15 is 0 Å².